The summed E-state index contributed by atoms with van der Waals surface area (Å²) in [6.45, 7) is 1.25. The molecule has 2 aromatic carbocycles. The summed E-state index contributed by atoms with van der Waals surface area (Å²) in [7, 11) is 0. The minimum absolute atomic E-state index is 0.0788. The summed E-state index contributed by atoms with van der Waals surface area (Å²) in [5.41, 5.74) is 2.71. The molecule has 1 fully saturated rings. The van der Waals surface area contributed by atoms with Crippen LogP contribution in [0.1, 0.15) is 18.0 Å². The van der Waals surface area contributed by atoms with Crippen LogP contribution in [0.3, 0.4) is 0 Å². The minimum atomic E-state index is -0.444. The Morgan fingerprint density at radius 1 is 1.19 bits per heavy atom. The second kappa shape index (κ2) is 7.48. The van der Waals surface area contributed by atoms with Crippen molar-refractivity contribution < 1.29 is 9.18 Å². The van der Waals surface area contributed by atoms with E-state index in [0.717, 1.165) is 16.8 Å². The van der Waals surface area contributed by atoms with Crippen LogP contribution in [0, 0.1) is 5.82 Å². The molecule has 1 aliphatic heterocycles. The van der Waals surface area contributed by atoms with E-state index in [2.05, 4.69) is 10.3 Å². The van der Waals surface area contributed by atoms with Crippen molar-refractivity contribution >= 4 is 17.5 Å². The summed E-state index contributed by atoms with van der Waals surface area (Å²) in [5, 5.41) is 8.50. The van der Waals surface area contributed by atoms with Crippen molar-refractivity contribution in [3.8, 4) is 11.3 Å². The van der Waals surface area contributed by atoms with Crippen LogP contribution >= 0.6 is 11.6 Å². The van der Waals surface area contributed by atoms with Crippen molar-refractivity contribution in [1.29, 1.82) is 0 Å². The first-order valence-corrected chi connectivity index (χ1v) is 9.17. The van der Waals surface area contributed by atoms with Gasteiger partial charge in [-0.05, 0) is 24.1 Å². The highest BCUT2D eigenvalue weighted by Crippen LogP contribution is 2.24. The molecule has 2 heterocycles. The molecular formula is C20H18ClFN4O. The maximum absolute atomic E-state index is 13.2. The molecule has 1 saturated heterocycles. The number of carbonyl (C=O) groups excluding carboxylic acids is 1. The van der Waals surface area contributed by atoms with Gasteiger partial charge in [0.1, 0.15) is 11.5 Å². The summed E-state index contributed by atoms with van der Waals surface area (Å²) in [5.74, 6) is -0.366. The van der Waals surface area contributed by atoms with Crippen LogP contribution in [0.25, 0.3) is 11.3 Å². The predicted octanol–water partition coefficient (Wildman–Crippen LogP) is 3.75. The Bertz CT molecular complexity index is 954. The van der Waals surface area contributed by atoms with Gasteiger partial charge in [-0.1, -0.05) is 53.2 Å². The average molecular weight is 385 g/mol. The lowest BCUT2D eigenvalue weighted by molar-refractivity contribution is -0.137. The van der Waals surface area contributed by atoms with Gasteiger partial charge in [0.05, 0.1) is 17.3 Å². The lowest BCUT2D eigenvalue weighted by Gasteiger charge is -2.39. The number of halogens is 2. The van der Waals surface area contributed by atoms with E-state index in [1.807, 2.05) is 41.2 Å². The third-order valence-corrected chi connectivity index (χ3v) is 5.07. The van der Waals surface area contributed by atoms with Gasteiger partial charge in [-0.2, -0.15) is 0 Å². The number of aryl methyl sites for hydroxylation is 1. The summed E-state index contributed by atoms with van der Waals surface area (Å²) in [6.07, 6.45) is 2.84. The van der Waals surface area contributed by atoms with Crippen molar-refractivity contribution in [3.63, 3.8) is 0 Å². The normalized spacial score (nSPS) is 14.2. The van der Waals surface area contributed by atoms with Crippen LogP contribution in [0.15, 0.2) is 54.7 Å². The summed E-state index contributed by atoms with van der Waals surface area (Å²) >= 11 is 5.78. The zero-order valence-corrected chi connectivity index (χ0v) is 15.3. The molecule has 0 aliphatic carbocycles. The van der Waals surface area contributed by atoms with Gasteiger partial charge >= 0.3 is 0 Å². The quantitative estimate of drug-likeness (QED) is 0.673. The fourth-order valence-corrected chi connectivity index (χ4v) is 3.33. The molecule has 5 nitrogen and oxygen atoms in total. The minimum Gasteiger partial charge on any atom is -0.338 e. The largest absolute Gasteiger partial charge is 0.338 e. The van der Waals surface area contributed by atoms with Gasteiger partial charge in [-0.15, -0.1) is 5.10 Å². The lowest BCUT2D eigenvalue weighted by Crippen LogP contribution is -2.50. The second-order valence-electron chi connectivity index (χ2n) is 6.65. The summed E-state index contributed by atoms with van der Waals surface area (Å²) in [4.78, 5) is 14.1. The number of likely N-dealkylation sites (tertiary alicyclic amines) is 1. The van der Waals surface area contributed by atoms with E-state index in [-0.39, 0.29) is 17.0 Å². The predicted molar refractivity (Wildman–Crippen MR) is 101 cm³/mol. The number of hydrogen-bond acceptors (Lipinski definition) is 3. The highest BCUT2D eigenvalue weighted by molar-refractivity contribution is 6.30. The van der Waals surface area contributed by atoms with Gasteiger partial charge in [-0.25, -0.2) is 9.07 Å². The Balaban J connectivity index is 1.29. The smallest absolute Gasteiger partial charge is 0.223 e. The molecule has 1 aliphatic rings. The number of hydrogen-bond donors (Lipinski definition) is 0. The van der Waals surface area contributed by atoms with E-state index < -0.39 is 5.82 Å². The topological polar surface area (TPSA) is 51.0 Å². The molecule has 0 bridgehead atoms. The van der Waals surface area contributed by atoms with Crippen LogP contribution < -0.4 is 0 Å². The third kappa shape index (κ3) is 3.85. The number of rotatable bonds is 5. The van der Waals surface area contributed by atoms with Crippen molar-refractivity contribution in [2.45, 2.75) is 18.9 Å². The van der Waals surface area contributed by atoms with Gasteiger partial charge in [0.2, 0.25) is 5.91 Å². The summed E-state index contributed by atoms with van der Waals surface area (Å²) < 4.78 is 15.0. The molecular weight excluding hydrogens is 367 g/mol. The van der Waals surface area contributed by atoms with Crippen molar-refractivity contribution in [2.24, 2.45) is 0 Å². The number of aromatic nitrogens is 3. The van der Waals surface area contributed by atoms with Crippen molar-refractivity contribution in [2.75, 3.05) is 13.1 Å². The summed E-state index contributed by atoms with van der Waals surface area (Å²) in [6, 6.07) is 14.6. The van der Waals surface area contributed by atoms with Crippen LogP contribution in [0.5, 0.6) is 0 Å². The highest BCUT2D eigenvalue weighted by atomic mass is 35.5. The lowest BCUT2D eigenvalue weighted by atomic mass is 10.1. The first kappa shape index (κ1) is 17.7. The highest BCUT2D eigenvalue weighted by Gasteiger charge is 2.32. The molecule has 7 heteroatoms. The van der Waals surface area contributed by atoms with Gasteiger partial charge in [0.15, 0.2) is 0 Å². The molecule has 0 atom stereocenters. The van der Waals surface area contributed by atoms with Crippen LogP contribution in [0.2, 0.25) is 5.02 Å². The zero-order valence-electron chi connectivity index (χ0n) is 14.6. The Kier molecular flexibility index (Phi) is 4.90. The number of nitrogens with zero attached hydrogens (tertiary/aromatic N) is 4. The van der Waals surface area contributed by atoms with Crippen LogP contribution in [-0.4, -0.2) is 38.9 Å². The van der Waals surface area contributed by atoms with Gasteiger partial charge < -0.3 is 4.90 Å². The Morgan fingerprint density at radius 2 is 1.96 bits per heavy atom. The molecule has 1 aromatic heterocycles. The SMILES string of the molecule is O=C(CCc1ccc(F)c(Cl)c1)N1CC(n2cc(-c3ccccc3)nn2)C1. The Hall–Kier alpha value is -2.73. The number of amides is 1. The molecule has 0 N–H and O–H groups in total. The van der Waals surface area contributed by atoms with Gasteiger partial charge in [0, 0.05) is 25.1 Å². The Labute approximate surface area is 161 Å². The molecule has 0 unspecified atom stereocenters. The first-order valence-electron chi connectivity index (χ1n) is 8.79. The van der Waals surface area contributed by atoms with E-state index in [4.69, 9.17) is 11.6 Å². The van der Waals surface area contributed by atoms with Gasteiger partial charge in [0.25, 0.3) is 0 Å². The first-order chi connectivity index (χ1) is 13.1. The molecule has 1 amide bonds. The molecule has 0 saturated carbocycles. The van der Waals surface area contributed by atoms with Gasteiger partial charge in [-0.3, -0.25) is 4.79 Å². The zero-order chi connectivity index (χ0) is 18.8. The van der Waals surface area contributed by atoms with Crippen molar-refractivity contribution in [1.82, 2.24) is 19.9 Å². The average Bonchev–Trinajstić information content (AvgIpc) is 3.12. The third-order valence-electron chi connectivity index (χ3n) is 4.78. The standard InChI is InChI=1S/C20H18ClFN4O/c21-17-10-14(6-8-18(17)22)7-9-20(27)25-11-16(12-25)26-13-19(23-24-26)15-4-2-1-3-5-15/h1-6,8,10,13,16H,7,9,11-12H2. The van der Waals surface area contributed by atoms with E-state index in [1.54, 1.807) is 17.0 Å². The molecule has 4 rings (SSSR count). The molecule has 27 heavy (non-hydrogen) atoms. The Morgan fingerprint density at radius 3 is 2.70 bits per heavy atom. The van der Waals surface area contributed by atoms with E-state index in [0.29, 0.717) is 25.9 Å². The maximum atomic E-state index is 13.2. The van der Waals surface area contributed by atoms with E-state index in [9.17, 15) is 9.18 Å². The fraction of sp³-hybridized carbons (Fsp3) is 0.250. The van der Waals surface area contributed by atoms with E-state index >= 15 is 0 Å². The molecule has 0 spiro atoms. The maximum Gasteiger partial charge on any atom is 0.223 e. The van der Waals surface area contributed by atoms with Crippen LogP contribution in [-0.2, 0) is 11.2 Å². The number of carbonyl (C=O) groups is 1. The monoisotopic (exact) mass is 384 g/mol. The van der Waals surface area contributed by atoms with Crippen LogP contribution in [0.4, 0.5) is 4.39 Å². The molecule has 138 valence electrons. The van der Waals surface area contributed by atoms with E-state index in [1.165, 1.54) is 6.07 Å². The molecule has 3 aromatic rings. The molecule has 0 radical (unpaired) electrons. The van der Waals surface area contributed by atoms with Crippen molar-refractivity contribution in [3.05, 3.63) is 71.1 Å². The second-order valence-corrected chi connectivity index (χ2v) is 7.06. The fourth-order valence-electron chi connectivity index (χ4n) is 3.13. The number of benzene rings is 2.